The van der Waals surface area contributed by atoms with Gasteiger partial charge < -0.3 is 10.6 Å². The topological polar surface area (TPSA) is 58.2 Å². The van der Waals surface area contributed by atoms with Crippen molar-refractivity contribution in [2.75, 3.05) is 5.32 Å². The molecule has 3 aromatic carbocycles. The summed E-state index contributed by atoms with van der Waals surface area (Å²) in [5.74, 6) is -0.812. The summed E-state index contributed by atoms with van der Waals surface area (Å²) < 4.78 is 12.9. The van der Waals surface area contributed by atoms with Crippen molar-refractivity contribution in [1.29, 1.82) is 0 Å². The Morgan fingerprint density at radius 2 is 1.48 bits per heavy atom. The molecule has 3 aromatic rings. The van der Waals surface area contributed by atoms with E-state index in [1.807, 2.05) is 31.2 Å². The zero-order valence-corrected chi connectivity index (χ0v) is 14.8. The Bertz CT molecular complexity index is 951. The largest absolute Gasteiger partial charge is 0.348 e. The van der Waals surface area contributed by atoms with Crippen molar-refractivity contribution >= 4 is 17.5 Å². The molecule has 27 heavy (non-hydrogen) atoms. The highest BCUT2D eigenvalue weighted by molar-refractivity contribution is 6.05. The lowest BCUT2D eigenvalue weighted by Crippen LogP contribution is -2.23. The first-order valence-corrected chi connectivity index (χ1v) is 8.52. The van der Waals surface area contributed by atoms with Crippen molar-refractivity contribution < 1.29 is 14.0 Å². The van der Waals surface area contributed by atoms with Crippen LogP contribution in [0.15, 0.2) is 72.8 Å². The van der Waals surface area contributed by atoms with E-state index in [1.54, 1.807) is 36.4 Å². The van der Waals surface area contributed by atoms with Crippen LogP contribution in [-0.4, -0.2) is 11.8 Å². The third-order valence-electron chi connectivity index (χ3n) is 4.05. The SMILES string of the molecule is Cc1cccc(NC(=O)c2ccc(C(=O)NCc3ccc(F)cc3)cc2)c1. The van der Waals surface area contributed by atoms with E-state index in [1.165, 1.54) is 12.1 Å². The van der Waals surface area contributed by atoms with Gasteiger partial charge in [-0.15, -0.1) is 0 Å². The van der Waals surface area contributed by atoms with Crippen LogP contribution in [0.25, 0.3) is 0 Å². The molecule has 0 fully saturated rings. The lowest BCUT2D eigenvalue weighted by atomic mass is 10.1. The van der Waals surface area contributed by atoms with Crippen molar-refractivity contribution in [3.63, 3.8) is 0 Å². The van der Waals surface area contributed by atoms with Gasteiger partial charge in [0.25, 0.3) is 11.8 Å². The van der Waals surface area contributed by atoms with Crippen LogP contribution in [0.4, 0.5) is 10.1 Å². The molecule has 2 amide bonds. The number of carbonyl (C=O) groups excluding carboxylic acids is 2. The van der Waals surface area contributed by atoms with Gasteiger partial charge in [-0.1, -0.05) is 24.3 Å². The molecule has 0 saturated heterocycles. The van der Waals surface area contributed by atoms with Gasteiger partial charge in [-0.05, 0) is 66.6 Å². The predicted octanol–water partition coefficient (Wildman–Crippen LogP) is 4.32. The molecule has 0 spiro atoms. The highest BCUT2D eigenvalue weighted by Crippen LogP contribution is 2.12. The van der Waals surface area contributed by atoms with Crippen molar-refractivity contribution in [2.45, 2.75) is 13.5 Å². The molecule has 0 saturated carbocycles. The Labute approximate surface area is 157 Å². The third-order valence-corrected chi connectivity index (χ3v) is 4.05. The quantitative estimate of drug-likeness (QED) is 0.710. The van der Waals surface area contributed by atoms with Crippen LogP contribution in [0.2, 0.25) is 0 Å². The molecule has 0 unspecified atom stereocenters. The lowest BCUT2D eigenvalue weighted by Gasteiger charge is -2.08. The smallest absolute Gasteiger partial charge is 0.255 e. The summed E-state index contributed by atoms with van der Waals surface area (Å²) in [4.78, 5) is 24.5. The monoisotopic (exact) mass is 362 g/mol. The van der Waals surface area contributed by atoms with Crippen molar-refractivity contribution in [2.24, 2.45) is 0 Å². The fraction of sp³-hybridized carbons (Fsp3) is 0.0909. The van der Waals surface area contributed by atoms with Crippen molar-refractivity contribution in [3.05, 3.63) is 101 Å². The van der Waals surface area contributed by atoms with Crippen LogP contribution in [0.1, 0.15) is 31.8 Å². The molecule has 0 radical (unpaired) electrons. The minimum absolute atomic E-state index is 0.237. The lowest BCUT2D eigenvalue weighted by molar-refractivity contribution is 0.0949. The van der Waals surface area contributed by atoms with Gasteiger partial charge in [0.2, 0.25) is 0 Å². The van der Waals surface area contributed by atoms with Gasteiger partial charge in [0.05, 0.1) is 0 Å². The molecule has 136 valence electrons. The van der Waals surface area contributed by atoms with Crippen LogP contribution in [0.3, 0.4) is 0 Å². The maximum Gasteiger partial charge on any atom is 0.255 e. The normalized spacial score (nSPS) is 10.3. The first-order chi connectivity index (χ1) is 13.0. The summed E-state index contributed by atoms with van der Waals surface area (Å²) in [7, 11) is 0. The molecule has 0 aliphatic heterocycles. The number of rotatable bonds is 5. The number of nitrogens with one attached hydrogen (secondary N) is 2. The zero-order valence-electron chi connectivity index (χ0n) is 14.8. The van der Waals surface area contributed by atoms with E-state index in [0.29, 0.717) is 17.7 Å². The molecule has 0 aliphatic rings. The summed E-state index contributed by atoms with van der Waals surface area (Å²) in [6.07, 6.45) is 0. The van der Waals surface area contributed by atoms with Gasteiger partial charge in [-0.2, -0.15) is 0 Å². The molecule has 2 N–H and O–H groups in total. The van der Waals surface area contributed by atoms with Gasteiger partial charge in [0, 0.05) is 23.4 Å². The highest BCUT2D eigenvalue weighted by atomic mass is 19.1. The van der Waals surface area contributed by atoms with Gasteiger partial charge in [0.15, 0.2) is 0 Å². The van der Waals surface area contributed by atoms with E-state index in [9.17, 15) is 14.0 Å². The minimum atomic E-state index is -0.315. The molecule has 4 nitrogen and oxygen atoms in total. The fourth-order valence-electron chi connectivity index (χ4n) is 2.59. The molecule has 0 atom stereocenters. The summed E-state index contributed by atoms with van der Waals surface area (Å²) in [6, 6.07) is 19.9. The second-order valence-electron chi connectivity index (χ2n) is 6.21. The maximum atomic E-state index is 12.9. The Kier molecular flexibility index (Phi) is 5.61. The van der Waals surface area contributed by atoms with Crippen LogP contribution >= 0.6 is 0 Å². The van der Waals surface area contributed by atoms with Gasteiger partial charge in [-0.3, -0.25) is 9.59 Å². The summed E-state index contributed by atoms with van der Waals surface area (Å²) in [5.41, 5.74) is 3.50. The first-order valence-electron chi connectivity index (χ1n) is 8.52. The number of amides is 2. The molecule has 0 heterocycles. The fourth-order valence-corrected chi connectivity index (χ4v) is 2.59. The number of benzene rings is 3. The van der Waals surface area contributed by atoms with Crippen LogP contribution in [0, 0.1) is 12.7 Å². The average Bonchev–Trinajstić information content (AvgIpc) is 2.67. The molecule has 0 aliphatic carbocycles. The Hall–Kier alpha value is -3.47. The molecule has 5 heteroatoms. The third kappa shape index (κ3) is 5.01. The van der Waals surface area contributed by atoms with E-state index in [0.717, 1.165) is 16.8 Å². The van der Waals surface area contributed by atoms with Crippen molar-refractivity contribution in [1.82, 2.24) is 5.32 Å². The van der Waals surface area contributed by atoms with E-state index >= 15 is 0 Å². The van der Waals surface area contributed by atoms with E-state index in [4.69, 9.17) is 0 Å². The number of carbonyl (C=O) groups is 2. The summed E-state index contributed by atoms with van der Waals surface area (Å²) in [5, 5.41) is 5.60. The summed E-state index contributed by atoms with van der Waals surface area (Å²) in [6.45, 7) is 2.25. The summed E-state index contributed by atoms with van der Waals surface area (Å²) >= 11 is 0. The predicted molar refractivity (Wildman–Crippen MR) is 103 cm³/mol. The van der Waals surface area contributed by atoms with Crippen molar-refractivity contribution in [3.8, 4) is 0 Å². The van der Waals surface area contributed by atoms with E-state index in [-0.39, 0.29) is 17.6 Å². The zero-order chi connectivity index (χ0) is 19.2. The Morgan fingerprint density at radius 3 is 2.11 bits per heavy atom. The first kappa shape index (κ1) is 18.3. The number of hydrogen-bond acceptors (Lipinski definition) is 2. The number of hydrogen-bond donors (Lipinski definition) is 2. The number of aryl methyl sites for hydroxylation is 1. The standard InChI is InChI=1S/C22H19FN2O2/c1-15-3-2-4-20(13-15)25-22(27)18-9-7-17(8-10-18)21(26)24-14-16-5-11-19(23)12-6-16/h2-13H,14H2,1H3,(H,24,26)(H,25,27). The van der Waals surface area contributed by atoms with Crippen LogP contribution in [-0.2, 0) is 6.54 Å². The second-order valence-corrected chi connectivity index (χ2v) is 6.21. The average molecular weight is 362 g/mol. The highest BCUT2D eigenvalue weighted by Gasteiger charge is 2.09. The molecule has 0 bridgehead atoms. The molecular weight excluding hydrogens is 343 g/mol. The molecular formula is C22H19FN2O2. The number of anilines is 1. The Balaban J connectivity index is 1.59. The van der Waals surface area contributed by atoms with Gasteiger partial charge >= 0.3 is 0 Å². The second kappa shape index (κ2) is 8.27. The minimum Gasteiger partial charge on any atom is -0.348 e. The maximum absolute atomic E-state index is 12.9. The van der Waals surface area contributed by atoms with E-state index in [2.05, 4.69) is 10.6 Å². The molecule has 3 rings (SSSR count). The number of halogens is 1. The van der Waals surface area contributed by atoms with Gasteiger partial charge in [0.1, 0.15) is 5.82 Å². The Morgan fingerprint density at radius 1 is 0.852 bits per heavy atom. The van der Waals surface area contributed by atoms with Crippen LogP contribution in [0.5, 0.6) is 0 Å². The van der Waals surface area contributed by atoms with Crippen LogP contribution < -0.4 is 10.6 Å². The van der Waals surface area contributed by atoms with Gasteiger partial charge in [-0.25, -0.2) is 4.39 Å². The molecule has 0 aromatic heterocycles. The van der Waals surface area contributed by atoms with E-state index < -0.39 is 0 Å².